The first-order valence-electron chi connectivity index (χ1n) is 2.67. The van der Waals surface area contributed by atoms with E-state index in [9.17, 15) is 8.42 Å². The van der Waals surface area contributed by atoms with Gasteiger partial charge < -0.3 is 0 Å². The lowest BCUT2D eigenvalue weighted by molar-refractivity contribution is 0.608. The Labute approximate surface area is 96.2 Å². The van der Waals surface area contributed by atoms with Crippen molar-refractivity contribution >= 4 is 58.3 Å². The zero-order valence-electron chi connectivity index (χ0n) is 5.46. The van der Waals surface area contributed by atoms with Crippen molar-refractivity contribution in [3.05, 3.63) is 20.4 Å². The van der Waals surface area contributed by atoms with Gasteiger partial charge in [-0.25, -0.2) is 13.4 Å². The molecule has 0 N–H and O–H groups in total. The fourth-order valence-electron chi connectivity index (χ4n) is 0.618. The number of aromatic nitrogens is 1. The third kappa shape index (κ3) is 2.30. The first kappa shape index (κ1) is 10.7. The van der Waals surface area contributed by atoms with Crippen LogP contribution < -0.4 is 0 Å². The van der Waals surface area contributed by atoms with E-state index in [2.05, 4.69) is 20.9 Å². The van der Waals surface area contributed by atoms with Crippen molar-refractivity contribution in [2.45, 2.75) is 4.90 Å². The zero-order valence-corrected chi connectivity index (χ0v) is 10.8. The van der Waals surface area contributed by atoms with Crippen LogP contribution in [0.1, 0.15) is 0 Å². The summed E-state index contributed by atoms with van der Waals surface area (Å²) < 4.78 is 22.7. The van der Waals surface area contributed by atoms with E-state index in [4.69, 9.17) is 10.7 Å². The molecule has 1 aromatic rings. The summed E-state index contributed by atoms with van der Waals surface area (Å²) in [6.45, 7) is 0. The third-order valence-electron chi connectivity index (χ3n) is 1.06. The molecule has 12 heavy (non-hydrogen) atoms. The summed E-state index contributed by atoms with van der Waals surface area (Å²) >= 11 is 4.88. The highest BCUT2D eigenvalue weighted by molar-refractivity contribution is 14.1. The summed E-state index contributed by atoms with van der Waals surface area (Å²) in [6, 6.07) is 1.57. The zero-order chi connectivity index (χ0) is 9.35. The molecule has 0 radical (unpaired) electrons. The quantitative estimate of drug-likeness (QED) is 0.426. The maximum atomic E-state index is 11.0. The number of hydrogen-bond donors (Lipinski definition) is 0. The van der Waals surface area contributed by atoms with E-state index in [0.29, 0.717) is 3.57 Å². The third-order valence-corrected chi connectivity index (χ3v) is 4.55. The molecule has 66 valence electrons. The maximum absolute atomic E-state index is 11.0. The lowest BCUT2D eigenvalue weighted by Gasteiger charge is -2.00. The summed E-state index contributed by atoms with van der Waals surface area (Å²) in [6.07, 6.45) is 1.50. The molecule has 0 bridgehead atoms. The molecule has 0 saturated heterocycles. The predicted molar refractivity (Wildman–Crippen MR) is 57.7 cm³/mol. The van der Waals surface area contributed by atoms with Gasteiger partial charge >= 0.3 is 0 Å². The number of pyridine rings is 1. The van der Waals surface area contributed by atoms with Crippen LogP contribution in [0, 0.1) is 3.57 Å². The Morgan fingerprint density at radius 1 is 1.58 bits per heavy atom. The molecule has 0 atom stereocenters. The second-order valence-electron chi connectivity index (χ2n) is 1.85. The van der Waals surface area contributed by atoms with Crippen molar-refractivity contribution < 1.29 is 8.42 Å². The summed E-state index contributed by atoms with van der Waals surface area (Å²) in [5.41, 5.74) is 0. The lowest BCUT2D eigenvalue weighted by Crippen LogP contribution is -1.97. The van der Waals surface area contributed by atoms with Gasteiger partial charge in [-0.2, -0.15) is 0 Å². The Kier molecular flexibility index (Phi) is 3.35. The van der Waals surface area contributed by atoms with Crippen LogP contribution in [0.15, 0.2) is 21.8 Å². The van der Waals surface area contributed by atoms with Crippen molar-refractivity contribution in [3.8, 4) is 0 Å². The van der Waals surface area contributed by atoms with Gasteiger partial charge in [0.25, 0.3) is 9.05 Å². The molecule has 0 unspecified atom stereocenters. The van der Waals surface area contributed by atoms with E-state index in [0.717, 1.165) is 0 Å². The first-order valence-corrected chi connectivity index (χ1v) is 6.85. The largest absolute Gasteiger partial charge is 0.265 e. The maximum Gasteiger partial charge on any atom is 0.265 e. The Bertz CT molecular complexity index is 388. The fraction of sp³-hybridized carbons (Fsp3) is 0. The fourth-order valence-corrected chi connectivity index (χ4v) is 4.94. The monoisotopic (exact) mass is 381 g/mol. The summed E-state index contributed by atoms with van der Waals surface area (Å²) in [4.78, 5) is 3.78. The molecule has 0 saturated carbocycles. The van der Waals surface area contributed by atoms with E-state index in [-0.39, 0.29) is 9.50 Å². The molecule has 1 rings (SSSR count). The lowest BCUT2D eigenvalue weighted by atomic mass is 10.5. The summed E-state index contributed by atoms with van der Waals surface area (Å²) in [7, 11) is 1.46. The topological polar surface area (TPSA) is 47.0 Å². The molecule has 7 heteroatoms. The van der Waals surface area contributed by atoms with Gasteiger partial charge in [0.2, 0.25) is 0 Å². The summed E-state index contributed by atoms with van der Waals surface area (Å²) in [5, 5.41) is 0. The van der Waals surface area contributed by atoms with E-state index in [1.807, 2.05) is 22.6 Å². The van der Waals surface area contributed by atoms with Crippen LogP contribution >= 0.6 is 49.2 Å². The van der Waals surface area contributed by atoms with Gasteiger partial charge in [-0.05, 0) is 44.6 Å². The highest BCUT2D eigenvalue weighted by Crippen LogP contribution is 2.27. The Hall–Kier alpha value is 0.600. The van der Waals surface area contributed by atoms with Crippen LogP contribution in [0.5, 0.6) is 0 Å². The van der Waals surface area contributed by atoms with Crippen LogP contribution in [0.25, 0.3) is 0 Å². The Morgan fingerprint density at radius 3 is 2.50 bits per heavy atom. The number of hydrogen-bond acceptors (Lipinski definition) is 3. The standard InChI is InChI=1S/C5H2BrClINO2S/c6-5-4(12(7,10)11)3(8)1-2-9-5/h1-2H. The van der Waals surface area contributed by atoms with Crippen molar-refractivity contribution in [3.63, 3.8) is 0 Å². The summed E-state index contributed by atoms with van der Waals surface area (Å²) in [5.74, 6) is 0. The molecule has 0 aromatic carbocycles. The van der Waals surface area contributed by atoms with Crippen LogP contribution in [0.3, 0.4) is 0 Å². The van der Waals surface area contributed by atoms with E-state index >= 15 is 0 Å². The molecular formula is C5H2BrClINO2S. The number of rotatable bonds is 1. The van der Waals surface area contributed by atoms with Crippen LogP contribution in [-0.4, -0.2) is 13.4 Å². The van der Waals surface area contributed by atoms with Gasteiger partial charge in [0, 0.05) is 20.4 Å². The normalized spacial score (nSPS) is 11.6. The molecule has 0 aliphatic heterocycles. The average molecular weight is 382 g/mol. The van der Waals surface area contributed by atoms with Crippen molar-refractivity contribution in [2.24, 2.45) is 0 Å². The minimum Gasteiger partial charge on any atom is -0.248 e. The Morgan fingerprint density at radius 2 is 2.17 bits per heavy atom. The van der Waals surface area contributed by atoms with E-state index in [1.54, 1.807) is 6.07 Å². The van der Waals surface area contributed by atoms with Crippen LogP contribution in [0.2, 0.25) is 0 Å². The minimum atomic E-state index is -3.71. The highest BCUT2D eigenvalue weighted by Gasteiger charge is 2.18. The second-order valence-corrected chi connectivity index (χ2v) is 6.27. The van der Waals surface area contributed by atoms with E-state index in [1.165, 1.54) is 6.20 Å². The van der Waals surface area contributed by atoms with Gasteiger partial charge in [-0.3, -0.25) is 0 Å². The van der Waals surface area contributed by atoms with Crippen molar-refractivity contribution in [2.75, 3.05) is 0 Å². The SMILES string of the molecule is O=S(=O)(Cl)c1c(I)ccnc1Br. The van der Waals surface area contributed by atoms with Gasteiger partial charge in [0.1, 0.15) is 9.50 Å². The molecule has 3 nitrogen and oxygen atoms in total. The number of halogens is 3. The molecule has 0 aliphatic carbocycles. The molecule has 0 spiro atoms. The van der Waals surface area contributed by atoms with Crippen LogP contribution in [0.4, 0.5) is 0 Å². The van der Waals surface area contributed by atoms with Gasteiger partial charge in [-0.15, -0.1) is 0 Å². The van der Waals surface area contributed by atoms with Gasteiger partial charge in [-0.1, -0.05) is 0 Å². The van der Waals surface area contributed by atoms with Gasteiger partial charge in [0.15, 0.2) is 0 Å². The van der Waals surface area contributed by atoms with Crippen LogP contribution in [-0.2, 0) is 9.05 Å². The van der Waals surface area contributed by atoms with E-state index < -0.39 is 9.05 Å². The second kappa shape index (κ2) is 3.77. The van der Waals surface area contributed by atoms with Crippen molar-refractivity contribution in [1.82, 2.24) is 4.98 Å². The van der Waals surface area contributed by atoms with Crippen molar-refractivity contribution in [1.29, 1.82) is 0 Å². The average Bonchev–Trinajstić information content (AvgIpc) is 1.82. The molecule has 0 amide bonds. The molecule has 0 aliphatic rings. The van der Waals surface area contributed by atoms with Gasteiger partial charge in [0.05, 0.1) is 0 Å². The smallest absolute Gasteiger partial charge is 0.248 e. The molecule has 0 fully saturated rings. The number of nitrogens with zero attached hydrogens (tertiary/aromatic N) is 1. The minimum absolute atomic E-state index is 0.0206. The molecular weight excluding hydrogens is 380 g/mol. The predicted octanol–water partition coefficient (Wildman–Crippen LogP) is 2.38. The Balaban J connectivity index is 3.53. The highest BCUT2D eigenvalue weighted by atomic mass is 127. The molecule has 1 aromatic heterocycles. The first-order chi connectivity index (χ1) is 5.43. The molecule has 1 heterocycles.